The number of aliphatic hydroxyl groups excluding tert-OH is 2. The maximum absolute atomic E-state index is 11.2. The molecular formula is C18H32O6. The highest BCUT2D eigenvalue weighted by molar-refractivity contribution is 5.78. The number of carbonyl (C=O) groups excluding carboxylic acids is 1. The Labute approximate surface area is 144 Å². The standard InChI is InChI=1S/C18H32O6/c1-2-3-4-5-6-7-8-9-10-11-12-22-18-14(20)16-15(24-18)13(19)17(21)23-16/h13-16,18-20H,2-12H2,1H3/t13-,14+,15-,16-,18-/m1/s1. The van der Waals surface area contributed by atoms with Crippen LogP contribution in [0.2, 0.25) is 0 Å². The van der Waals surface area contributed by atoms with E-state index >= 15 is 0 Å². The monoisotopic (exact) mass is 344 g/mol. The second kappa shape index (κ2) is 10.3. The highest BCUT2D eigenvalue weighted by atomic mass is 16.7. The molecule has 2 N–H and O–H groups in total. The van der Waals surface area contributed by atoms with E-state index in [0.29, 0.717) is 6.61 Å². The molecule has 0 aromatic rings. The first-order valence-corrected chi connectivity index (χ1v) is 9.49. The number of carbonyl (C=O) groups is 1. The van der Waals surface area contributed by atoms with Gasteiger partial charge in [-0.25, -0.2) is 4.79 Å². The maximum atomic E-state index is 11.2. The number of aliphatic hydroxyl groups is 2. The summed E-state index contributed by atoms with van der Waals surface area (Å²) >= 11 is 0. The molecule has 0 spiro atoms. The summed E-state index contributed by atoms with van der Waals surface area (Å²) in [5.41, 5.74) is 0. The Kier molecular flexibility index (Phi) is 8.45. The third kappa shape index (κ3) is 5.41. The van der Waals surface area contributed by atoms with Gasteiger partial charge in [0.2, 0.25) is 0 Å². The Morgan fingerprint density at radius 3 is 2.08 bits per heavy atom. The third-order valence-electron chi connectivity index (χ3n) is 4.82. The second-order valence-electron chi connectivity index (χ2n) is 6.86. The lowest BCUT2D eigenvalue weighted by Crippen LogP contribution is -2.33. The normalized spacial score (nSPS) is 32.1. The summed E-state index contributed by atoms with van der Waals surface area (Å²) in [6.07, 6.45) is 7.69. The van der Waals surface area contributed by atoms with Crippen LogP contribution in [0.3, 0.4) is 0 Å². The Bertz CT molecular complexity index is 375. The van der Waals surface area contributed by atoms with E-state index in [0.717, 1.165) is 12.8 Å². The molecule has 2 heterocycles. The number of fused-ring (bicyclic) bond motifs is 1. The Hall–Kier alpha value is -0.690. The number of hydrogen-bond acceptors (Lipinski definition) is 6. The van der Waals surface area contributed by atoms with E-state index in [1.807, 2.05) is 0 Å². The van der Waals surface area contributed by atoms with E-state index in [-0.39, 0.29) is 0 Å². The second-order valence-corrected chi connectivity index (χ2v) is 6.86. The average molecular weight is 344 g/mol. The number of ether oxygens (including phenoxy) is 3. The minimum Gasteiger partial charge on any atom is -0.454 e. The van der Waals surface area contributed by atoms with Crippen molar-refractivity contribution in [1.82, 2.24) is 0 Å². The van der Waals surface area contributed by atoms with Crippen LogP contribution in [0.5, 0.6) is 0 Å². The molecule has 0 aromatic heterocycles. The van der Waals surface area contributed by atoms with Crippen LogP contribution in [0.4, 0.5) is 0 Å². The molecule has 0 aliphatic carbocycles. The van der Waals surface area contributed by atoms with Crippen LogP contribution in [0.15, 0.2) is 0 Å². The molecule has 2 saturated heterocycles. The fourth-order valence-corrected chi connectivity index (χ4v) is 3.32. The molecule has 2 fully saturated rings. The van der Waals surface area contributed by atoms with Crippen LogP contribution in [-0.4, -0.2) is 53.5 Å². The summed E-state index contributed by atoms with van der Waals surface area (Å²) in [5, 5.41) is 19.6. The van der Waals surface area contributed by atoms with E-state index in [1.54, 1.807) is 0 Å². The van der Waals surface area contributed by atoms with Crippen molar-refractivity contribution >= 4 is 5.97 Å². The summed E-state index contributed by atoms with van der Waals surface area (Å²) in [7, 11) is 0. The highest BCUT2D eigenvalue weighted by Gasteiger charge is 2.56. The zero-order valence-corrected chi connectivity index (χ0v) is 14.7. The molecule has 5 atom stereocenters. The molecule has 2 rings (SSSR count). The largest absolute Gasteiger partial charge is 0.454 e. The van der Waals surface area contributed by atoms with Crippen LogP contribution in [0.1, 0.15) is 71.1 Å². The number of hydrogen-bond donors (Lipinski definition) is 2. The van der Waals surface area contributed by atoms with Crippen molar-refractivity contribution in [2.24, 2.45) is 0 Å². The molecule has 2 aliphatic heterocycles. The van der Waals surface area contributed by atoms with Crippen molar-refractivity contribution in [2.75, 3.05) is 6.61 Å². The Morgan fingerprint density at radius 1 is 0.917 bits per heavy atom. The van der Waals surface area contributed by atoms with Crippen molar-refractivity contribution < 1.29 is 29.2 Å². The Morgan fingerprint density at radius 2 is 1.50 bits per heavy atom. The van der Waals surface area contributed by atoms with Crippen LogP contribution in [-0.2, 0) is 19.0 Å². The summed E-state index contributed by atoms with van der Waals surface area (Å²) in [6, 6.07) is 0. The van der Waals surface area contributed by atoms with E-state index in [1.165, 1.54) is 51.4 Å². The van der Waals surface area contributed by atoms with Gasteiger partial charge in [-0.15, -0.1) is 0 Å². The SMILES string of the molecule is CCCCCCCCCCCCO[C@@H]1O[C@H]2[C@H](OC(=O)[C@@H]2O)[C@@H]1O. The van der Waals surface area contributed by atoms with Gasteiger partial charge in [-0.3, -0.25) is 0 Å². The molecule has 0 bridgehead atoms. The quantitative estimate of drug-likeness (QED) is 0.417. The number of rotatable bonds is 12. The van der Waals surface area contributed by atoms with Gasteiger partial charge < -0.3 is 24.4 Å². The number of unbranched alkanes of at least 4 members (excludes halogenated alkanes) is 9. The average Bonchev–Trinajstić information content (AvgIpc) is 3.03. The predicted octanol–water partition coefficient (Wildman–Crippen LogP) is 2.30. The van der Waals surface area contributed by atoms with Gasteiger partial charge in [0.05, 0.1) is 0 Å². The van der Waals surface area contributed by atoms with Crippen molar-refractivity contribution in [2.45, 2.75) is 102 Å². The predicted molar refractivity (Wildman–Crippen MR) is 88.4 cm³/mol. The van der Waals surface area contributed by atoms with Gasteiger partial charge in [0.15, 0.2) is 18.5 Å². The first-order chi connectivity index (χ1) is 11.6. The molecule has 0 unspecified atom stereocenters. The summed E-state index contributed by atoms with van der Waals surface area (Å²) < 4.78 is 15.8. The van der Waals surface area contributed by atoms with Gasteiger partial charge in [0.25, 0.3) is 0 Å². The first kappa shape index (κ1) is 19.6. The molecule has 6 heteroatoms. The van der Waals surface area contributed by atoms with Crippen LogP contribution < -0.4 is 0 Å². The molecule has 2 aliphatic rings. The smallest absolute Gasteiger partial charge is 0.338 e. The van der Waals surface area contributed by atoms with Crippen LogP contribution in [0, 0.1) is 0 Å². The van der Waals surface area contributed by atoms with E-state index in [2.05, 4.69) is 6.92 Å². The van der Waals surface area contributed by atoms with Gasteiger partial charge in [0.1, 0.15) is 12.2 Å². The first-order valence-electron chi connectivity index (χ1n) is 9.49. The Balaban J connectivity index is 1.45. The zero-order valence-electron chi connectivity index (χ0n) is 14.7. The lowest BCUT2D eigenvalue weighted by Gasteiger charge is -2.17. The van der Waals surface area contributed by atoms with Crippen LogP contribution >= 0.6 is 0 Å². The minimum atomic E-state index is -1.32. The molecule has 24 heavy (non-hydrogen) atoms. The zero-order chi connectivity index (χ0) is 17.4. The van der Waals surface area contributed by atoms with Gasteiger partial charge in [0, 0.05) is 6.61 Å². The molecule has 0 saturated carbocycles. The molecular weight excluding hydrogens is 312 g/mol. The van der Waals surface area contributed by atoms with Gasteiger partial charge in [-0.2, -0.15) is 0 Å². The van der Waals surface area contributed by atoms with Gasteiger partial charge in [-0.1, -0.05) is 64.7 Å². The topological polar surface area (TPSA) is 85.2 Å². The van der Waals surface area contributed by atoms with Gasteiger partial charge in [-0.05, 0) is 6.42 Å². The lowest BCUT2D eigenvalue weighted by molar-refractivity contribution is -0.187. The van der Waals surface area contributed by atoms with Crippen molar-refractivity contribution in [3.63, 3.8) is 0 Å². The molecule has 0 aromatic carbocycles. The van der Waals surface area contributed by atoms with Crippen molar-refractivity contribution in [1.29, 1.82) is 0 Å². The molecule has 140 valence electrons. The van der Waals surface area contributed by atoms with E-state index in [4.69, 9.17) is 14.2 Å². The van der Waals surface area contributed by atoms with E-state index < -0.39 is 36.7 Å². The summed E-state index contributed by atoms with van der Waals surface area (Å²) in [4.78, 5) is 11.2. The molecule has 0 radical (unpaired) electrons. The number of esters is 1. The van der Waals surface area contributed by atoms with Gasteiger partial charge >= 0.3 is 5.97 Å². The minimum absolute atomic E-state index is 0.502. The van der Waals surface area contributed by atoms with Crippen LogP contribution in [0.25, 0.3) is 0 Å². The highest BCUT2D eigenvalue weighted by Crippen LogP contribution is 2.32. The van der Waals surface area contributed by atoms with Crippen molar-refractivity contribution in [3.05, 3.63) is 0 Å². The van der Waals surface area contributed by atoms with Crippen molar-refractivity contribution in [3.8, 4) is 0 Å². The maximum Gasteiger partial charge on any atom is 0.338 e. The lowest BCUT2D eigenvalue weighted by atomic mass is 10.1. The summed E-state index contributed by atoms with van der Waals surface area (Å²) in [5.74, 6) is -0.739. The molecule has 0 amide bonds. The molecule has 6 nitrogen and oxygen atoms in total. The van der Waals surface area contributed by atoms with E-state index in [9.17, 15) is 15.0 Å². The fourth-order valence-electron chi connectivity index (χ4n) is 3.32. The fraction of sp³-hybridized carbons (Fsp3) is 0.944. The third-order valence-corrected chi connectivity index (χ3v) is 4.82. The summed E-state index contributed by atoms with van der Waals surface area (Å²) in [6.45, 7) is 2.74.